The van der Waals surface area contributed by atoms with E-state index in [0.717, 1.165) is 193 Å². The van der Waals surface area contributed by atoms with E-state index in [1.165, 1.54) is 22.3 Å². The number of ketones is 2. The minimum Gasteiger partial charge on any atom is -0.454 e. The number of H-pyrrole nitrogens is 1. The van der Waals surface area contributed by atoms with E-state index < -0.39 is 16.6 Å². The molecule has 3 amide bonds. The highest BCUT2D eigenvalue weighted by atomic mass is 16.6. The average molecular weight is 1620 g/mol. The number of carbonyl (C=O) groups is 6. The van der Waals surface area contributed by atoms with Crippen LogP contribution < -0.4 is 21.1 Å². The second-order valence-corrected chi connectivity index (χ2v) is 40.2. The van der Waals surface area contributed by atoms with E-state index in [1.807, 2.05) is 48.2 Å². The fourth-order valence-electron chi connectivity index (χ4n) is 19.5. The third kappa shape index (κ3) is 20.3. The van der Waals surface area contributed by atoms with Gasteiger partial charge < -0.3 is 25.3 Å². The molecule has 1 atom stereocenters. The normalized spacial score (nSPS) is 21.8. The number of amides is 3. The number of ether oxygens (including phenoxy) is 1. The van der Waals surface area contributed by atoms with E-state index in [1.54, 1.807) is 31.0 Å². The van der Waals surface area contributed by atoms with Crippen LogP contribution in [0.1, 0.15) is 285 Å². The predicted molar refractivity (Wildman–Crippen MR) is 475 cm³/mol. The molecule has 9 aliphatic heterocycles. The standard InChI is InChI=1S/C19H20N2O.C16H23N3O.C16H22N2O2.C16H22N2O.C15H24N2O.C12H20N2O2.3CH4/c1-18(2,3)14-7-6-12-10-19(11-13(12)9-14)15-5-4-8-20-16(15)21-17(19)22;1-16(2,3)18-9-6-12(7-10-18)19-14-5-4-8-17-13(14)11-15(19)20;1-15(2,3)18-9-6-16(7-10-18)12-5-4-8-17-13(12)11-14(19)20-16;1-15(2,3)18-9-6-16(7-10-18)12-5-4-8-17-13(12)11-14(16)19;1-11-9-13(14(18)16-10-11)12-5-7-17(8-6-12)15(2,3)4;1-11(2,3)14-6-4-12(5-7-14)9(15)8-10(16)13-12;;;/h4-9H,10-11H2,1-3H3,(H,20,21,22);4-5,8,12H,6-7,9-11H2,1-3H3;4-5,8H,6-7,9-11H2,1-3H3;4-5,8H,6-7,9-11H2,1-3H3;9-10,12H,5-8H2,1-4H3,(H,16,18);4-8H2,1-3H3,(H,13,16);3*1H4. The molecule has 2 aliphatic carbocycles. The number of Topliss-reactive ketones (excluding diaryl/α,β-unsaturated/α-hetero) is 2. The van der Waals surface area contributed by atoms with Gasteiger partial charge in [-0.05, 0) is 277 Å². The number of piperidine rings is 5. The summed E-state index contributed by atoms with van der Waals surface area (Å²) in [5.74, 6) is 1.70. The van der Waals surface area contributed by atoms with Crippen molar-refractivity contribution in [2.45, 2.75) is 324 Å². The third-order valence-corrected chi connectivity index (χ3v) is 26.7. The number of rotatable bonds is 2. The number of likely N-dealkylation sites (tertiary alicyclic amines) is 5. The molecule has 21 nitrogen and oxygen atoms in total. The summed E-state index contributed by atoms with van der Waals surface area (Å²) in [4.78, 5) is 119. The van der Waals surface area contributed by atoms with Gasteiger partial charge in [0.1, 0.15) is 22.7 Å². The van der Waals surface area contributed by atoms with Crippen LogP contribution in [0.5, 0.6) is 0 Å². The second kappa shape index (κ2) is 36.2. The van der Waals surface area contributed by atoms with Crippen LogP contribution in [0.25, 0.3) is 0 Å². The minimum atomic E-state index is -0.529. The van der Waals surface area contributed by atoms with Gasteiger partial charge in [0.15, 0.2) is 5.78 Å². The molecule has 5 aromatic heterocycles. The summed E-state index contributed by atoms with van der Waals surface area (Å²) in [7, 11) is 0. The molecule has 6 aromatic rings. The van der Waals surface area contributed by atoms with Gasteiger partial charge in [-0.15, -0.1) is 0 Å². The summed E-state index contributed by atoms with van der Waals surface area (Å²) in [6, 6.07) is 25.1. The Kier molecular flexibility index (Phi) is 28.8. The van der Waals surface area contributed by atoms with Crippen LogP contribution >= 0.6 is 0 Å². The van der Waals surface area contributed by atoms with E-state index in [0.29, 0.717) is 37.0 Å². The first kappa shape index (κ1) is 93.7. The number of esters is 1. The van der Waals surface area contributed by atoms with Crippen LogP contribution in [-0.4, -0.2) is 189 Å². The van der Waals surface area contributed by atoms with E-state index in [2.05, 4.69) is 221 Å². The second-order valence-electron chi connectivity index (χ2n) is 40.2. The van der Waals surface area contributed by atoms with Gasteiger partial charge in [0.25, 0.3) is 5.56 Å². The van der Waals surface area contributed by atoms with Crippen molar-refractivity contribution in [2.24, 2.45) is 0 Å². The first-order chi connectivity index (χ1) is 53.9. The molecule has 644 valence electrons. The fraction of sp³-hybridized carbons (Fsp3) is 0.619. The highest BCUT2D eigenvalue weighted by Crippen LogP contribution is 2.49. The van der Waals surface area contributed by atoms with E-state index in [9.17, 15) is 33.6 Å². The SMILES string of the molecule is C.C.C.CC(C)(C)N1CCC(N2C(=O)Cc3ncccc32)CC1.CC(C)(C)N1CCC2(CC1)C(=O)Cc1ncccc12.CC(C)(C)N1CCC2(CC1)NC(=O)CC2=O.CC(C)(C)N1CCC2(CC1)OC(=O)Cc1ncccc12.CC(C)(C)c1ccc2c(c1)CC1(C2)C(=O)Nc2ncccc21.Cc1c[nH]c(=O)c(C2CCN(C(C)(C)C)CC2)c1. The van der Waals surface area contributed by atoms with Gasteiger partial charge in [-0.1, -0.05) is 79.4 Å². The molecule has 0 saturated carbocycles. The van der Waals surface area contributed by atoms with Crippen molar-refractivity contribution in [2.75, 3.05) is 75.7 Å². The minimum absolute atomic E-state index is 0. The van der Waals surface area contributed by atoms with Crippen LogP contribution in [0, 0.1) is 6.92 Å². The molecule has 21 heteroatoms. The topological polar surface area (TPSA) is 240 Å². The number of carbonyl (C=O) groups excluding carboxylic acids is 6. The number of pyridine rings is 5. The largest absolute Gasteiger partial charge is 0.454 e. The van der Waals surface area contributed by atoms with E-state index in [-0.39, 0.29) is 102 Å². The number of nitrogens with zero attached hydrogens (tertiary/aromatic N) is 10. The summed E-state index contributed by atoms with van der Waals surface area (Å²) in [6.07, 6.45) is 21.2. The van der Waals surface area contributed by atoms with Crippen molar-refractivity contribution in [3.8, 4) is 0 Å². The number of aromatic nitrogens is 5. The smallest absolute Gasteiger partial charge is 0.312 e. The van der Waals surface area contributed by atoms with E-state index >= 15 is 0 Å². The lowest BCUT2D eigenvalue weighted by atomic mass is 9.72. The molecule has 1 aromatic carbocycles. The molecule has 0 bridgehead atoms. The number of benzene rings is 1. The highest BCUT2D eigenvalue weighted by Gasteiger charge is 2.54. The highest BCUT2D eigenvalue weighted by molar-refractivity contribution is 6.10. The van der Waals surface area contributed by atoms with Gasteiger partial charge in [0.2, 0.25) is 17.7 Å². The number of nitrogens with one attached hydrogen (secondary N) is 3. The Balaban J connectivity index is 0.000000161. The molecular weight excluding hydrogens is 1480 g/mol. The van der Waals surface area contributed by atoms with Gasteiger partial charge in [0, 0.05) is 140 Å². The summed E-state index contributed by atoms with van der Waals surface area (Å²) in [6.45, 7) is 52.2. The van der Waals surface area contributed by atoms with Crippen LogP contribution in [0.4, 0.5) is 11.5 Å². The van der Waals surface area contributed by atoms with Crippen molar-refractivity contribution in [3.05, 3.63) is 176 Å². The molecular formula is C97H143N13O8. The van der Waals surface area contributed by atoms with Gasteiger partial charge in [-0.3, -0.25) is 73.0 Å². The predicted octanol–water partition coefficient (Wildman–Crippen LogP) is 15.5. The zero-order valence-electron chi connectivity index (χ0n) is 72.6. The maximum absolute atomic E-state index is 12.7. The number of fused-ring (bicyclic) bond motifs is 8. The van der Waals surface area contributed by atoms with Crippen LogP contribution in [0.15, 0.2) is 109 Å². The molecule has 118 heavy (non-hydrogen) atoms. The van der Waals surface area contributed by atoms with Gasteiger partial charge in [-0.25, -0.2) is 4.98 Å². The first-order valence-corrected chi connectivity index (χ1v) is 42.5. The molecule has 1 unspecified atom stereocenters. The number of aryl methyl sites for hydroxylation is 1. The fourth-order valence-corrected chi connectivity index (χ4v) is 19.5. The monoisotopic (exact) mass is 1620 g/mol. The maximum atomic E-state index is 12.7. The van der Waals surface area contributed by atoms with Crippen molar-refractivity contribution < 1.29 is 33.5 Å². The Morgan fingerprint density at radius 1 is 0.458 bits per heavy atom. The van der Waals surface area contributed by atoms with Gasteiger partial charge in [-0.2, -0.15) is 0 Å². The maximum Gasteiger partial charge on any atom is 0.312 e. The summed E-state index contributed by atoms with van der Waals surface area (Å²) >= 11 is 0. The van der Waals surface area contributed by atoms with Crippen LogP contribution in [0.2, 0.25) is 0 Å². The third-order valence-electron chi connectivity index (χ3n) is 26.7. The average Bonchev–Trinajstić information content (AvgIpc) is 1.52. The van der Waals surface area contributed by atoms with Crippen molar-refractivity contribution >= 4 is 46.8 Å². The molecule has 0 radical (unpaired) electrons. The molecule has 3 N–H and O–H groups in total. The summed E-state index contributed by atoms with van der Waals surface area (Å²) < 4.78 is 5.80. The quantitative estimate of drug-likeness (QED) is 0.108. The Labute approximate surface area is 706 Å². The molecule has 14 heterocycles. The Morgan fingerprint density at radius 3 is 1.47 bits per heavy atom. The molecule has 6 saturated heterocycles. The Morgan fingerprint density at radius 2 is 0.932 bits per heavy atom. The lowest BCUT2D eigenvalue weighted by Gasteiger charge is -2.47. The molecule has 4 spiro atoms. The number of hydrogen-bond acceptors (Lipinski definition) is 17. The number of aromatic amines is 1. The molecule has 6 fully saturated rings. The van der Waals surface area contributed by atoms with E-state index in [4.69, 9.17) is 4.74 Å². The number of hydrogen-bond donors (Lipinski definition) is 3. The lowest BCUT2D eigenvalue weighted by Crippen LogP contribution is -2.57. The van der Waals surface area contributed by atoms with Crippen molar-refractivity contribution in [1.29, 1.82) is 0 Å². The first-order valence-electron chi connectivity index (χ1n) is 42.5. The molecule has 11 aliphatic rings. The summed E-state index contributed by atoms with van der Waals surface area (Å²) in [5, 5.41) is 5.84. The van der Waals surface area contributed by atoms with Crippen LogP contribution in [0.3, 0.4) is 0 Å². The van der Waals surface area contributed by atoms with Crippen molar-refractivity contribution in [1.82, 2.24) is 54.7 Å². The zero-order chi connectivity index (χ0) is 83.2. The zero-order valence-corrected chi connectivity index (χ0v) is 72.6. The summed E-state index contributed by atoms with van der Waals surface area (Å²) in [5.41, 5.74) is 12.8. The molecule has 17 rings (SSSR count). The van der Waals surface area contributed by atoms with Gasteiger partial charge >= 0.3 is 5.97 Å². The lowest BCUT2D eigenvalue weighted by molar-refractivity contribution is -0.171. The van der Waals surface area contributed by atoms with Crippen molar-refractivity contribution in [3.63, 3.8) is 0 Å². The number of anilines is 2. The Hall–Kier alpha value is -8.21. The van der Waals surface area contributed by atoms with Gasteiger partial charge in [0.05, 0.1) is 52.9 Å². The van der Waals surface area contributed by atoms with Crippen LogP contribution in [-0.2, 0) is 87.5 Å². The Bertz CT molecular complexity index is 4600.